The fourth-order valence-electron chi connectivity index (χ4n) is 15.8. The number of aromatic nitrogens is 1. The van der Waals surface area contributed by atoms with Gasteiger partial charge in [0.15, 0.2) is 34.7 Å². The SMILES string of the molecule is CCC(C)C1NC(=O)CNC(=O)C2CC(=O)C(C(C)C(O)CO)NC(=O)C3CC(O)CN3C(=O)C(CC(=O)O)CC(=O)C(CS(=O)c3[nH]c4cc5c(cc4c3C2)CC(=O)C(C)CC(=O)C(C)NC(=O)CCOCCCC(=O)C2C(C(=O)CCCOCCC(=O)NC(C)C(=O)CC(C)C(=O)O5)N3C(=O)CC(SCSC4CC(=O)N2C4=O)C3=O)NC(=O)CNC1=O. The standard InChI is InChI=1S/C81H107N11O29S3/c1-8-37(2)70-76(113)83-31-65(105)86-50-35-124(118)77-48(22-44(74(111)82-32-66(106)88-70)24-58(101)71(40(5)59(102)34-93)89-75(112)51-27-46(94)33-90(51)78(114)45(25-57(50)100)26-69(109)110)47-21-43-23-54(97)38(3)19-55(98)41(6)84-63(103)13-17-119-15-9-11-52(95)72-73(92-68(108)30-62(80(92)116)123-36-122-61-29-67(107)91(72)79(61)115)53(96)12-10-16-120-18-14-64(104)85-42(7)56(99)20-39(4)81(117)121-60(43)28-49(47)87-77/h21,28,37-42,44-46,50-51,59,61-62,70-73,87,93-94,102H,8-20,22-27,29-36H2,1-7H3,(H,82,111)(H,83,113)(H,84,103)(H,85,104)(H,86,105)(H,88,106)(H,89,112)(H,109,110). The predicted octanol–water partition coefficient (Wildman–Crippen LogP) is -2.67. The van der Waals surface area contributed by atoms with E-state index in [0.29, 0.717) is 9.80 Å². The molecule has 7 aliphatic rings. The molecule has 124 heavy (non-hydrogen) atoms. The van der Waals surface area contributed by atoms with E-state index >= 15 is 18.6 Å². The van der Waals surface area contributed by atoms with Crippen molar-refractivity contribution < 1.29 is 140 Å². The maximum absolute atomic E-state index is 15.8. The molecular weight excluding hydrogens is 1690 g/mol. The first kappa shape index (κ1) is 97.9. The van der Waals surface area contributed by atoms with Gasteiger partial charge in [0.1, 0.15) is 40.7 Å². The van der Waals surface area contributed by atoms with E-state index in [9.17, 15) is 107 Å². The first-order chi connectivity index (χ1) is 58.7. The number of fused-ring (bicyclic) bond motifs is 13. The minimum absolute atomic E-state index is 0.0739. The summed E-state index contributed by atoms with van der Waals surface area (Å²) >= 11 is 2.13. The van der Waals surface area contributed by atoms with Gasteiger partial charge in [-0.3, -0.25) is 115 Å². The van der Waals surface area contributed by atoms with Crippen LogP contribution in [0.15, 0.2) is 17.2 Å². The summed E-state index contributed by atoms with van der Waals surface area (Å²) in [7, 11) is -2.73. The van der Waals surface area contributed by atoms with Crippen molar-refractivity contribution in [1.29, 1.82) is 0 Å². The minimum atomic E-state index is -2.73. The van der Waals surface area contributed by atoms with Crippen molar-refractivity contribution in [3.8, 4) is 5.75 Å². The van der Waals surface area contributed by atoms with E-state index in [1.165, 1.54) is 40.7 Å². The zero-order valence-corrected chi connectivity index (χ0v) is 72.1. The Balaban J connectivity index is 1.09. The van der Waals surface area contributed by atoms with Crippen LogP contribution in [0.2, 0.25) is 0 Å². The Morgan fingerprint density at radius 2 is 1.15 bits per heavy atom. The predicted molar refractivity (Wildman–Crippen MR) is 436 cm³/mol. The van der Waals surface area contributed by atoms with Gasteiger partial charge in [-0.05, 0) is 50.7 Å². The van der Waals surface area contributed by atoms with Crippen LogP contribution in [-0.4, -0.2) is 302 Å². The normalized spacial score (nSPS) is 30.5. The topological polar surface area (TPSA) is 594 Å². The Kier molecular flexibility index (Phi) is 35.0. The number of aliphatic hydroxyl groups excluding tert-OH is 3. The number of aliphatic carboxylic acids is 1. The van der Waals surface area contributed by atoms with Crippen molar-refractivity contribution in [2.24, 2.45) is 35.5 Å². The van der Waals surface area contributed by atoms with Gasteiger partial charge in [-0.15, -0.1) is 23.5 Å². The molecule has 43 heteroatoms. The molecule has 0 saturated carbocycles. The lowest BCUT2D eigenvalue weighted by Crippen LogP contribution is -2.62. The summed E-state index contributed by atoms with van der Waals surface area (Å²) in [5.41, 5.74) is -0.504. The van der Waals surface area contributed by atoms with E-state index in [4.69, 9.17) is 14.2 Å². The number of thioether (sulfide) groups is 2. The number of rotatable bonds is 7. The highest BCUT2D eigenvalue weighted by molar-refractivity contribution is 8.17. The molecule has 0 aliphatic carbocycles. The third-order valence-corrected chi connectivity index (χ3v) is 27.3. The lowest BCUT2D eigenvalue weighted by molar-refractivity contribution is -0.157. The van der Waals surface area contributed by atoms with Crippen LogP contribution in [0.1, 0.15) is 156 Å². The number of ketones is 7. The maximum Gasteiger partial charge on any atom is 0.314 e. The molecule has 40 nitrogen and oxygen atoms in total. The monoisotopic (exact) mass is 1790 g/mol. The third-order valence-electron chi connectivity index (χ3n) is 23.3. The van der Waals surface area contributed by atoms with Gasteiger partial charge in [0.2, 0.25) is 70.9 Å². The number of nitrogens with zero attached hydrogens (tertiary/aromatic N) is 3. The van der Waals surface area contributed by atoms with Crippen molar-refractivity contribution in [2.75, 3.05) is 63.5 Å². The molecule has 1 aromatic heterocycles. The van der Waals surface area contributed by atoms with Crippen molar-refractivity contribution in [1.82, 2.24) is 56.9 Å². The molecule has 8 heterocycles. The van der Waals surface area contributed by atoms with Crippen LogP contribution in [0.3, 0.4) is 0 Å². The molecule has 1 aromatic carbocycles. The number of carboxylic acid groups (broad SMARTS) is 1. The van der Waals surface area contributed by atoms with Gasteiger partial charge < -0.3 is 81.7 Å². The van der Waals surface area contributed by atoms with E-state index in [-0.39, 0.29) is 98.5 Å². The number of carboxylic acids is 1. The molecule has 12 amide bonds. The van der Waals surface area contributed by atoms with Crippen molar-refractivity contribution >= 4 is 169 Å². The number of carbonyl (C=O) groups is 21. The molecule has 19 atom stereocenters. The summed E-state index contributed by atoms with van der Waals surface area (Å²) in [5, 5.41) is 57.9. The summed E-state index contributed by atoms with van der Waals surface area (Å²) in [6.45, 7) is 5.38. The second-order valence-electron chi connectivity index (χ2n) is 32.5. The third kappa shape index (κ3) is 24.8. The number of nitrogens with one attached hydrogen (secondary N) is 8. The first-order valence-electron chi connectivity index (χ1n) is 41.3. The molecule has 678 valence electrons. The Bertz CT molecular complexity index is 4570. The molecule has 12 N–H and O–H groups in total. The number of carbonyl (C=O) groups excluding carboxylic acids is 20. The van der Waals surface area contributed by atoms with Crippen LogP contribution in [-0.2, 0) is 134 Å². The van der Waals surface area contributed by atoms with Crippen LogP contribution < -0.4 is 42.0 Å². The lowest BCUT2D eigenvalue weighted by Gasteiger charge is -2.36. The van der Waals surface area contributed by atoms with E-state index in [1.54, 1.807) is 13.8 Å². The quantitative estimate of drug-likeness (QED) is 0.0764. The summed E-state index contributed by atoms with van der Waals surface area (Å²) < 4.78 is 33.2. The van der Waals surface area contributed by atoms with Crippen molar-refractivity contribution in [3.05, 3.63) is 23.3 Å². The Hall–Kier alpha value is -9.92. The zero-order valence-electron chi connectivity index (χ0n) is 69.7. The smallest absolute Gasteiger partial charge is 0.314 e. The molecule has 4 saturated heterocycles. The number of aromatic amines is 1. The van der Waals surface area contributed by atoms with Crippen LogP contribution in [0.4, 0.5) is 0 Å². The molecule has 9 rings (SSSR count). The number of benzene rings is 1. The molecular formula is C81H107N11O29S3. The van der Waals surface area contributed by atoms with E-state index in [0.717, 1.165) is 34.5 Å². The van der Waals surface area contributed by atoms with Gasteiger partial charge in [-0.2, -0.15) is 0 Å². The average Bonchev–Trinajstić information content (AvgIpc) is 1.60. The number of hydrogen-bond donors (Lipinski definition) is 12. The van der Waals surface area contributed by atoms with E-state index < -0.39 is 348 Å². The summed E-state index contributed by atoms with van der Waals surface area (Å²) in [6.07, 6.45) is -11.9. The zero-order chi connectivity index (χ0) is 91.0. The van der Waals surface area contributed by atoms with Crippen LogP contribution in [0.5, 0.6) is 5.75 Å². The van der Waals surface area contributed by atoms with Crippen LogP contribution >= 0.6 is 23.5 Å². The first-order valence-corrected chi connectivity index (χ1v) is 44.7. The van der Waals surface area contributed by atoms with Gasteiger partial charge in [0.05, 0.1) is 120 Å². The fourth-order valence-corrected chi connectivity index (χ4v) is 19.9. The number of hydrogen-bond acceptors (Lipinski definition) is 30. The largest absolute Gasteiger partial charge is 0.481 e. The number of amides is 12. The van der Waals surface area contributed by atoms with Crippen molar-refractivity contribution in [3.63, 3.8) is 0 Å². The molecule has 0 spiro atoms. The maximum atomic E-state index is 15.8. The molecule has 2 aromatic rings. The summed E-state index contributed by atoms with van der Waals surface area (Å²) in [6, 6.07) is -11.0. The molecule has 4 fully saturated rings. The highest BCUT2D eigenvalue weighted by Crippen LogP contribution is 2.40. The Labute approximate surface area is 723 Å². The van der Waals surface area contributed by atoms with Crippen LogP contribution in [0.25, 0.3) is 10.9 Å². The van der Waals surface area contributed by atoms with Crippen molar-refractivity contribution in [2.45, 2.75) is 234 Å². The number of H-pyrrole nitrogens is 1. The minimum Gasteiger partial charge on any atom is -0.481 e. The van der Waals surface area contributed by atoms with Gasteiger partial charge in [0.25, 0.3) is 0 Å². The van der Waals surface area contributed by atoms with Gasteiger partial charge >= 0.3 is 11.9 Å². The molecule has 7 aliphatic heterocycles. The molecule has 6 bridgehead atoms. The van der Waals surface area contributed by atoms with E-state index in [1.807, 2.05) is 0 Å². The highest BCUT2D eigenvalue weighted by atomic mass is 32.2. The van der Waals surface area contributed by atoms with Gasteiger partial charge in [-0.25, -0.2) is 0 Å². The van der Waals surface area contributed by atoms with E-state index in [2.05, 4.69) is 42.2 Å². The summed E-state index contributed by atoms with van der Waals surface area (Å²) in [5.74, 6) is -29.6. The summed E-state index contributed by atoms with van der Waals surface area (Å²) in [4.78, 5) is 304. The molecule has 19 unspecified atom stereocenters. The number of imide groups is 2. The molecule has 0 radical (unpaired) electrons. The number of aliphatic hydroxyl groups is 3. The second kappa shape index (κ2) is 44.3. The fraction of sp³-hybridized carbons (Fsp3) is 0.642. The van der Waals surface area contributed by atoms with Gasteiger partial charge in [0, 0.05) is 137 Å². The number of ether oxygens (including phenoxy) is 3. The number of esters is 1. The van der Waals surface area contributed by atoms with Crippen LogP contribution in [0, 0.1) is 35.5 Å². The lowest BCUT2D eigenvalue weighted by atomic mass is 9.85. The Morgan fingerprint density at radius 3 is 1.71 bits per heavy atom. The van der Waals surface area contributed by atoms with Gasteiger partial charge in [-0.1, -0.05) is 41.0 Å². The Morgan fingerprint density at radius 1 is 0.597 bits per heavy atom. The average molecular weight is 1790 g/mol. The second-order valence-corrected chi connectivity index (χ2v) is 36.7. The number of Topliss-reactive ketones (excluding diaryl/α,β-unsaturated/α-hetero) is 7. The highest BCUT2D eigenvalue weighted by Gasteiger charge is 2.56.